The first-order valence-electron chi connectivity index (χ1n) is 11.3. The van der Waals surface area contributed by atoms with Crippen molar-refractivity contribution in [2.75, 3.05) is 6.61 Å². The van der Waals surface area contributed by atoms with Crippen LogP contribution in [0.1, 0.15) is 29.3 Å². The lowest BCUT2D eigenvalue weighted by molar-refractivity contribution is -0.139. The first-order valence-corrected chi connectivity index (χ1v) is 11.3. The van der Waals surface area contributed by atoms with Gasteiger partial charge in [-0.2, -0.15) is 0 Å². The summed E-state index contributed by atoms with van der Waals surface area (Å²) in [7, 11) is 0. The zero-order valence-electron chi connectivity index (χ0n) is 19.4. The van der Waals surface area contributed by atoms with Crippen LogP contribution in [0, 0.1) is 0 Å². The van der Waals surface area contributed by atoms with Gasteiger partial charge in [0.15, 0.2) is 6.61 Å². The molecule has 7 nitrogen and oxygen atoms in total. The molecule has 0 fully saturated rings. The lowest BCUT2D eigenvalue weighted by Crippen LogP contribution is -2.25. The number of hydrogen-bond acceptors (Lipinski definition) is 4. The standard InChI is InChI=1S/C28H26N2O5/c1-2-20-22(16-24(31)28(29)34)27-25(35-17-26(32)33)13-8-14-30(27)23(20)15-19-11-6-7-12-21(19)18-9-4-3-5-10-18/h3-14H,2,15-17H2,1H3,(H2,29,34)(H,32,33). The first kappa shape index (κ1) is 23.8. The number of carboxylic acids is 1. The Labute approximate surface area is 202 Å². The molecule has 4 rings (SSSR count). The van der Waals surface area contributed by atoms with Crippen LogP contribution in [-0.2, 0) is 33.6 Å². The molecule has 0 bridgehead atoms. The van der Waals surface area contributed by atoms with E-state index < -0.39 is 24.3 Å². The molecule has 2 aromatic heterocycles. The quantitative estimate of drug-likeness (QED) is 0.342. The van der Waals surface area contributed by atoms with Gasteiger partial charge < -0.3 is 20.0 Å². The Balaban J connectivity index is 1.91. The molecule has 0 saturated carbocycles. The molecular weight excluding hydrogens is 444 g/mol. The normalized spacial score (nSPS) is 10.9. The number of carboxylic acid groups (broad SMARTS) is 1. The van der Waals surface area contributed by atoms with Crippen LogP contribution in [0.5, 0.6) is 5.75 Å². The van der Waals surface area contributed by atoms with Crippen LogP contribution in [0.2, 0.25) is 0 Å². The van der Waals surface area contributed by atoms with E-state index in [2.05, 4.69) is 24.3 Å². The van der Waals surface area contributed by atoms with Gasteiger partial charge in [0.05, 0.1) is 5.52 Å². The van der Waals surface area contributed by atoms with E-state index in [4.69, 9.17) is 15.6 Å². The summed E-state index contributed by atoms with van der Waals surface area (Å²) in [6.07, 6.45) is 2.84. The maximum absolute atomic E-state index is 12.4. The third-order valence-electron chi connectivity index (χ3n) is 6.02. The van der Waals surface area contributed by atoms with Crippen LogP contribution in [0.15, 0.2) is 72.9 Å². The second-order valence-electron chi connectivity index (χ2n) is 8.19. The minimum Gasteiger partial charge on any atom is -0.480 e. The number of carbonyl (C=O) groups is 3. The van der Waals surface area contributed by atoms with E-state index >= 15 is 0 Å². The van der Waals surface area contributed by atoms with E-state index in [1.165, 1.54) is 0 Å². The molecule has 7 heteroatoms. The van der Waals surface area contributed by atoms with Gasteiger partial charge >= 0.3 is 5.97 Å². The van der Waals surface area contributed by atoms with Crippen LogP contribution >= 0.6 is 0 Å². The fourth-order valence-corrected chi connectivity index (χ4v) is 4.53. The average Bonchev–Trinajstić information content (AvgIpc) is 3.16. The Kier molecular flexibility index (Phi) is 6.96. The fraction of sp³-hybridized carbons (Fsp3) is 0.179. The van der Waals surface area contributed by atoms with Crippen molar-refractivity contribution >= 4 is 23.2 Å². The lowest BCUT2D eigenvalue weighted by Gasteiger charge is -2.12. The number of Topliss-reactive ketones (excluding diaryl/α,β-unsaturated/α-hetero) is 1. The SMILES string of the molecule is CCc1c(CC(=O)C(N)=O)c2c(OCC(=O)O)cccn2c1Cc1ccccc1-c1ccccc1. The van der Waals surface area contributed by atoms with Crippen molar-refractivity contribution in [3.05, 3.63) is 95.3 Å². The van der Waals surface area contributed by atoms with E-state index in [0.29, 0.717) is 29.7 Å². The lowest BCUT2D eigenvalue weighted by atomic mass is 9.94. The summed E-state index contributed by atoms with van der Waals surface area (Å²) in [5.74, 6) is -2.50. The highest BCUT2D eigenvalue weighted by atomic mass is 16.5. The van der Waals surface area contributed by atoms with Gasteiger partial charge in [0.2, 0.25) is 5.78 Å². The van der Waals surface area contributed by atoms with Gasteiger partial charge in [-0.15, -0.1) is 0 Å². The predicted octanol–water partition coefficient (Wildman–Crippen LogP) is 3.82. The molecule has 2 aromatic carbocycles. The van der Waals surface area contributed by atoms with Crippen LogP contribution in [0.25, 0.3) is 16.6 Å². The number of ether oxygens (including phenoxy) is 1. The molecule has 178 valence electrons. The first-order chi connectivity index (χ1) is 16.9. The fourth-order valence-electron chi connectivity index (χ4n) is 4.53. The zero-order valence-corrected chi connectivity index (χ0v) is 19.4. The number of carbonyl (C=O) groups excluding carboxylic acids is 2. The average molecular weight is 471 g/mol. The maximum Gasteiger partial charge on any atom is 0.341 e. The molecule has 2 heterocycles. The van der Waals surface area contributed by atoms with Crippen LogP contribution in [0.4, 0.5) is 0 Å². The van der Waals surface area contributed by atoms with Crippen LogP contribution < -0.4 is 10.5 Å². The molecule has 35 heavy (non-hydrogen) atoms. The Morgan fingerprint density at radius 2 is 1.66 bits per heavy atom. The maximum atomic E-state index is 12.4. The molecule has 0 saturated heterocycles. The van der Waals surface area contributed by atoms with E-state index in [0.717, 1.165) is 27.9 Å². The summed E-state index contributed by atoms with van der Waals surface area (Å²) in [5, 5.41) is 9.13. The molecule has 3 N–H and O–H groups in total. The monoisotopic (exact) mass is 470 g/mol. The highest BCUT2D eigenvalue weighted by Crippen LogP contribution is 2.35. The summed E-state index contributed by atoms with van der Waals surface area (Å²) < 4.78 is 7.50. The van der Waals surface area contributed by atoms with Gasteiger partial charge in [0.1, 0.15) is 5.75 Å². The van der Waals surface area contributed by atoms with Gasteiger partial charge in [-0.1, -0.05) is 61.5 Å². The largest absolute Gasteiger partial charge is 0.480 e. The van der Waals surface area contributed by atoms with E-state index in [9.17, 15) is 14.4 Å². The molecule has 0 spiro atoms. The number of primary amides is 1. The number of nitrogens with two attached hydrogens (primary N) is 1. The second-order valence-corrected chi connectivity index (χ2v) is 8.19. The number of pyridine rings is 1. The van der Waals surface area contributed by atoms with Gasteiger partial charge in [-0.3, -0.25) is 9.59 Å². The Morgan fingerprint density at radius 3 is 2.34 bits per heavy atom. The van der Waals surface area contributed by atoms with Crippen LogP contribution in [0.3, 0.4) is 0 Å². The van der Waals surface area contributed by atoms with Gasteiger partial charge in [0.25, 0.3) is 5.91 Å². The molecule has 0 aliphatic carbocycles. The number of amides is 1. The minimum atomic E-state index is -1.11. The van der Waals surface area contributed by atoms with Crippen molar-refractivity contribution in [3.63, 3.8) is 0 Å². The number of benzene rings is 2. The summed E-state index contributed by atoms with van der Waals surface area (Å²) >= 11 is 0. The number of nitrogens with zero attached hydrogens (tertiary/aromatic N) is 1. The molecule has 0 radical (unpaired) electrons. The molecule has 0 atom stereocenters. The third kappa shape index (κ3) is 4.94. The Bertz CT molecular complexity index is 1410. The molecule has 0 unspecified atom stereocenters. The van der Waals surface area contributed by atoms with E-state index in [1.54, 1.807) is 12.1 Å². The van der Waals surface area contributed by atoms with Crippen molar-refractivity contribution in [1.82, 2.24) is 4.40 Å². The number of ketones is 1. The summed E-state index contributed by atoms with van der Waals surface area (Å²) in [5.41, 5.74) is 11.6. The third-order valence-corrected chi connectivity index (χ3v) is 6.02. The van der Waals surface area contributed by atoms with Gasteiger partial charge in [-0.05, 0) is 46.4 Å². The van der Waals surface area contributed by atoms with Crippen molar-refractivity contribution in [2.24, 2.45) is 5.73 Å². The number of rotatable bonds is 10. The Hall–Kier alpha value is -4.39. The van der Waals surface area contributed by atoms with Crippen molar-refractivity contribution in [1.29, 1.82) is 0 Å². The molecule has 4 aromatic rings. The number of aromatic nitrogens is 1. The molecule has 1 amide bonds. The highest BCUT2D eigenvalue weighted by Gasteiger charge is 2.24. The smallest absolute Gasteiger partial charge is 0.341 e. The Morgan fingerprint density at radius 1 is 0.943 bits per heavy atom. The predicted molar refractivity (Wildman–Crippen MR) is 132 cm³/mol. The minimum absolute atomic E-state index is 0.185. The van der Waals surface area contributed by atoms with E-state index in [1.807, 2.05) is 47.9 Å². The number of hydrogen-bond donors (Lipinski definition) is 2. The van der Waals surface area contributed by atoms with Crippen molar-refractivity contribution in [3.8, 4) is 16.9 Å². The van der Waals surface area contributed by atoms with Gasteiger partial charge in [-0.25, -0.2) is 4.79 Å². The number of fused-ring (bicyclic) bond motifs is 1. The summed E-state index contributed by atoms with van der Waals surface area (Å²) in [6.45, 7) is 1.46. The van der Waals surface area contributed by atoms with Crippen molar-refractivity contribution < 1.29 is 24.2 Å². The molecule has 0 aliphatic heterocycles. The molecule has 0 aliphatic rings. The van der Waals surface area contributed by atoms with Crippen molar-refractivity contribution in [2.45, 2.75) is 26.2 Å². The molecular formula is C28H26N2O5. The van der Waals surface area contributed by atoms with Crippen LogP contribution in [-0.4, -0.2) is 33.8 Å². The highest BCUT2D eigenvalue weighted by molar-refractivity contribution is 6.36. The second kappa shape index (κ2) is 10.3. The topological polar surface area (TPSA) is 111 Å². The van der Waals surface area contributed by atoms with Gasteiger partial charge in [0, 0.05) is 24.7 Å². The van der Waals surface area contributed by atoms with E-state index in [-0.39, 0.29) is 6.42 Å². The summed E-state index contributed by atoms with van der Waals surface area (Å²) in [6, 6.07) is 21.7. The summed E-state index contributed by atoms with van der Waals surface area (Å²) in [4.78, 5) is 35.1. The zero-order chi connectivity index (χ0) is 24.9. The number of aliphatic carboxylic acids is 1.